The Labute approximate surface area is 183 Å². The van der Waals surface area contributed by atoms with Crippen molar-refractivity contribution >= 4 is 15.9 Å². The van der Waals surface area contributed by atoms with E-state index in [9.17, 15) is 13.2 Å². The molecule has 1 aliphatic rings. The average Bonchev–Trinajstić information content (AvgIpc) is 3.12. The van der Waals surface area contributed by atoms with Crippen LogP contribution in [0.15, 0.2) is 35.5 Å². The van der Waals surface area contributed by atoms with E-state index < -0.39 is 10.0 Å². The maximum absolute atomic E-state index is 12.8. The summed E-state index contributed by atoms with van der Waals surface area (Å²) in [4.78, 5) is 16.7. The van der Waals surface area contributed by atoms with Gasteiger partial charge in [-0.25, -0.2) is 13.4 Å². The number of hydrogen-bond acceptors (Lipinski definition) is 6. The van der Waals surface area contributed by atoms with E-state index in [1.165, 1.54) is 10.5 Å². The molecule has 1 aliphatic heterocycles. The summed E-state index contributed by atoms with van der Waals surface area (Å²) in [5.74, 6) is 1.10. The summed E-state index contributed by atoms with van der Waals surface area (Å²) in [5, 5.41) is 3.01. The average molecular weight is 451 g/mol. The van der Waals surface area contributed by atoms with Crippen molar-refractivity contribution in [1.29, 1.82) is 0 Å². The molecule has 10 heteroatoms. The van der Waals surface area contributed by atoms with E-state index in [1.807, 2.05) is 24.3 Å². The third kappa shape index (κ3) is 5.84. The number of nitrogens with zero attached hydrogens (tertiary/aromatic N) is 3. The quantitative estimate of drug-likeness (QED) is 0.581. The number of piperidine rings is 1. The van der Waals surface area contributed by atoms with Gasteiger partial charge in [-0.15, -0.1) is 0 Å². The summed E-state index contributed by atoms with van der Waals surface area (Å²) in [6, 6.07) is 7.56. The van der Waals surface area contributed by atoms with Crippen LogP contribution in [0, 0.1) is 12.8 Å². The number of aromatic nitrogens is 2. The van der Waals surface area contributed by atoms with Gasteiger partial charge in [-0.1, -0.05) is 12.1 Å². The third-order valence-corrected chi connectivity index (χ3v) is 7.21. The van der Waals surface area contributed by atoms with Crippen LogP contribution in [0.1, 0.15) is 24.2 Å². The number of carbonyl (C=O) groups excluding carboxylic acids is 1. The van der Waals surface area contributed by atoms with Gasteiger partial charge in [0.25, 0.3) is 10.0 Å². The van der Waals surface area contributed by atoms with Crippen molar-refractivity contribution < 1.29 is 22.7 Å². The molecule has 3 rings (SSSR count). The molecular formula is C21H30N4O5S. The number of amides is 1. The highest BCUT2D eigenvalue weighted by Gasteiger charge is 2.33. The van der Waals surface area contributed by atoms with E-state index in [1.54, 1.807) is 25.6 Å². The molecule has 1 aromatic carbocycles. The lowest BCUT2D eigenvalue weighted by atomic mass is 9.97. The number of carbonyl (C=O) groups is 1. The Morgan fingerprint density at radius 1 is 1.26 bits per heavy atom. The summed E-state index contributed by atoms with van der Waals surface area (Å²) in [7, 11) is -0.253. The highest BCUT2D eigenvalue weighted by atomic mass is 32.2. The minimum absolute atomic E-state index is 0.0583. The molecule has 1 aromatic heterocycles. The van der Waals surface area contributed by atoms with Gasteiger partial charge in [-0.3, -0.25) is 4.79 Å². The van der Waals surface area contributed by atoms with Gasteiger partial charge in [0.15, 0.2) is 5.03 Å². The van der Waals surface area contributed by atoms with E-state index in [4.69, 9.17) is 9.47 Å². The van der Waals surface area contributed by atoms with Crippen molar-refractivity contribution in [2.45, 2.75) is 31.3 Å². The largest absolute Gasteiger partial charge is 0.491 e. The van der Waals surface area contributed by atoms with Crippen LogP contribution in [0.25, 0.3) is 0 Å². The first-order chi connectivity index (χ1) is 14.8. The van der Waals surface area contributed by atoms with Crippen molar-refractivity contribution in [2.75, 3.05) is 33.4 Å². The van der Waals surface area contributed by atoms with Gasteiger partial charge in [0.05, 0.1) is 6.61 Å². The van der Waals surface area contributed by atoms with Gasteiger partial charge in [-0.05, 0) is 37.5 Å². The van der Waals surface area contributed by atoms with Gasteiger partial charge < -0.3 is 19.4 Å². The predicted octanol–water partition coefficient (Wildman–Crippen LogP) is 1.47. The zero-order valence-corrected chi connectivity index (χ0v) is 19.0. The smallest absolute Gasteiger partial charge is 0.262 e. The number of sulfonamides is 1. The molecule has 0 atom stereocenters. The molecule has 0 bridgehead atoms. The molecule has 9 nitrogen and oxygen atoms in total. The van der Waals surface area contributed by atoms with Crippen molar-refractivity contribution in [3.8, 4) is 5.75 Å². The van der Waals surface area contributed by atoms with Crippen LogP contribution in [-0.2, 0) is 33.1 Å². The number of nitrogens with one attached hydrogen (secondary N) is 1. The molecular weight excluding hydrogens is 420 g/mol. The maximum Gasteiger partial charge on any atom is 0.262 e. The summed E-state index contributed by atoms with van der Waals surface area (Å²) in [5.41, 5.74) is 0.939. The Bertz CT molecular complexity index is 977. The van der Waals surface area contributed by atoms with Crippen LogP contribution in [0.2, 0.25) is 0 Å². The molecule has 0 unspecified atom stereocenters. The fraction of sp³-hybridized carbons (Fsp3) is 0.524. The normalized spacial score (nSPS) is 15.7. The minimum Gasteiger partial charge on any atom is -0.491 e. The van der Waals surface area contributed by atoms with Crippen LogP contribution in [0.5, 0.6) is 5.75 Å². The van der Waals surface area contributed by atoms with Crippen LogP contribution in [-0.4, -0.2) is 61.6 Å². The van der Waals surface area contributed by atoms with E-state index in [-0.39, 0.29) is 16.9 Å². The van der Waals surface area contributed by atoms with Crippen molar-refractivity contribution in [2.24, 2.45) is 13.0 Å². The van der Waals surface area contributed by atoms with Crippen LogP contribution < -0.4 is 10.1 Å². The molecule has 1 N–H and O–H groups in total. The topological polar surface area (TPSA) is 103 Å². The number of ether oxygens (including phenoxy) is 2. The lowest BCUT2D eigenvalue weighted by Crippen LogP contribution is -2.43. The van der Waals surface area contributed by atoms with Gasteiger partial charge in [0.1, 0.15) is 18.2 Å². The molecule has 0 radical (unpaired) electrons. The number of methoxy groups -OCH3 is 1. The highest BCUT2D eigenvalue weighted by molar-refractivity contribution is 7.89. The number of aryl methyl sites for hydroxylation is 2. The Morgan fingerprint density at radius 2 is 2.00 bits per heavy atom. The summed E-state index contributed by atoms with van der Waals surface area (Å²) in [6.45, 7) is 3.74. The monoisotopic (exact) mass is 450 g/mol. The molecule has 1 fully saturated rings. The van der Waals surface area contributed by atoms with Gasteiger partial charge >= 0.3 is 0 Å². The first-order valence-electron chi connectivity index (χ1n) is 10.3. The second-order valence-electron chi connectivity index (χ2n) is 7.62. The van der Waals surface area contributed by atoms with E-state index in [0.29, 0.717) is 51.5 Å². The number of benzene rings is 1. The van der Waals surface area contributed by atoms with Crippen LogP contribution >= 0.6 is 0 Å². The van der Waals surface area contributed by atoms with Crippen LogP contribution in [0.4, 0.5) is 0 Å². The second kappa shape index (κ2) is 10.3. The molecule has 0 saturated carbocycles. The van der Waals surface area contributed by atoms with E-state index in [0.717, 1.165) is 11.3 Å². The zero-order chi connectivity index (χ0) is 22.4. The first-order valence-corrected chi connectivity index (χ1v) is 11.7. The zero-order valence-electron chi connectivity index (χ0n) is 18.2. The fourth-order valence-corrected chi connectivity index (χ4v) is 4.96. The molecule has 31 heavy (non-hydrogen) atoms. The van der Waals surface area contributed by atoms with Gasteiger partial charge in [0.2, 0.25) is 5.91 Å². The highest BCUT2D eigenvalue weighted by Crippen LogP contribution is 2.24. The summed E-state index contributed by atoms with van der Waals surface area (Å²) in [6.07, 6.45) is 2.49. The molecule has 2 aromatic rings. The Hall–Kier alpha value is -2.43. The maximum atomic E-state index is 12.8. The van der Waals surface area contributed by atoms with Crippen molar-refractivity contribution in [3.63, 3.8) is 0 Å². The fourth-order valence-electron chi connectivity index (χ4n) is 3.46. The van der Waals surface area contributed by atoms with E-state index in [2.05, 4.69) is 10.3 Å². The molecule has 170 valence electrons. The molecule has 0 spiro atoms. The van der Waals surface area contributed by atoms with Crippen LogP contribution in [0.3, 0.4) is 0 Å². The number of hydrogen-bond donors (Lipinski definition) is 1. The molecule has 1 saturated heterocycles. The summed E-state index contributed by atoms with van der Waals surface area (Å²) >= 11 is 0. The predicted molar refractivity (Wildman–Crippen MR) is 115 cm³/mol. The Balaban J connectivity index is 1.50. The van der Waals surface area contributed by atoms with Crippen molar-refractivity contribution in [3.05, 3.63) is 41.9 Å². The molecule has 1 amide bonds. The minimum atomic E-state index is -3.64. The molecule has 2 heterocycles. The van der Waals surface area contributed by atoms with Crippen molar-refractivity contribution in [1.82, 2.24) is 19.2 Å². The lowest BCUT2D eigenvalue weighted by Gasteiger charge is -2.30. The third-order valence-electron chi connectivity index (χ3n) is 5.44. The molecule has 0 aliphatic carbocycles. The number of imidazole rings is 1. The van der Waals surface area contributed by atoms with Gasteiger partial charge in [0, 0.05) is 45.9 Å². The number of rotatable bonds is 9. The first kappa shape index (κ1) is 23.2. The van der Waals surface area contributed by atoms with E-state index >= 15 is 0 Å². The second-order valence-corrected chi connectivity index (χ2v) is 9.51. The standard InChI is InChI=1S/C21H30N4O5S/c1-16-23-20(15-24(16)2)31(27,28)25-9-7-18(8-10-25)21(26)22-14-17-5-4-6-19(13-17)30-12-11-29-3/h4-6,13,15,18H,7-12,14H2,1-3H3,(H,22,26). The Morgan fingerprint density at radius 3 is 2.65 bits per heavy atom. The SMILES string of the molecule is COCCOc1cccc(CNC(=O)C2CCN(S(=O)(=O)c3cn(C)c(C)n3)CC2)c1. The summed E-state index contributed by atoms with van der Waals surface area (Å²) < 4.78 is 39.3. The Kier molecular flexibility index (Phi) is 7.69. The van der Waals surface area contributed by atoms with Gasteiger partial charge in [-0.2, -0.15) is 4.31 Å². The lowest BCUT2D eigenvalue weighted by molar-refractivity contribution is -0.126.